The molecule has 0 aromatic carbocycles. The minimum atomic E-state index is -0.0704. The van der Waals surface area contributed by atoms with Crippen LogP contribution in [0.4, 0.5) is 0 Å². The molecule has 4 heteroatoms. The lowest BCUT2D eigenvalue weighted by atomic mass is 9.72. The highest BCUT2D eigenvalue weighted by Gasteiger charge is 2.35. The Morgan fingerprint density at radius 3 is 3.00 bits per heavy atom. The van der Waals surface area contributed by atoms with Gasteiger partial charge in [-0.25, -0.2) is 4.98 Å². The summed E-state index contributed by atoms with van der Waals surface area (Å²) >= 11 is 0. The van der Waals surface area contributed by atoms with Crippen LogP contribution in [-0.4, -0.2) is 20.3 Å². The van der Waals surface area contributed by atoms with Crippen molar-refractivity contribution in [3.05, 3.63) is 12.2 Å². The third-order valence-electron chi connectivity index (χ3n) is 3.80. The minimum absolute atomic E-state index is 0.0704. The van der Waals surface area contributed by atoms with Gasteiger partial charge < -0.3 is 5.73 Å². The molecule has 4 nitrogen and oxygen atoms in total. The zero-order chi connectivity index (χ0) is 10.9. The van der Waals surface area contributed by atoms with Crippen LogP contribution in [0.3, 0.4) is 0 Å². The van der Waals surface area contributed by atoms with Crippen LogP contribution in [0.1, 0.15) is 38.4 Å². The number of rotatable bonds is 2. The first-order valence-corrected chi connectivity index (χ1v) is 5.73. The van der Waals surface area contributed by atoms with E-state index in [-0.39, 0.29) is 5.54 Å². The van der Waals surface area contributed by atoms with Crippen molar-refractivity contribution in [2.24, 2.45) is 18.7 Å². The van der Waals surface area contributed by atoms with E-state index < -0.39 is 0 Å². The lowest BCUT2D eigenvalue weighted by Crippen LogP contribution is -2.50. The molecule has 1 aromatic rings. The fourth-order valence-electron chi connectivity index (χ4n) is 2.48. The molecule has 0 radical (unpaired) electrons. The van der Waals surface area contributed by atoms with Crippen molar-refractivity contribution < 1.29 is 0 Å². The molecule has 0 bridgehead atoms. The Labute approximate surface area is 90.9 Å². The molecule has 84 valence electrons. The molecule has 1 saturated carbocycles. The fourth-order valence-corrected chi connectivity index (χ4v) is 2.48. The van der Waals surface area contributed by atoms with Crippen LogP contribution in [0, 0.1) is 5.92 Å². The predicted molar refractivity (Wildman–Crippen MR) is 59.3 cm³/mol. The second-order valence-corrected chi connectivity index (χ2v) is 4.86. The summed E-state index contributed by atoms with van der Waals surface area (Å²) in [4.78, 5) is 4.26. The molecule has 2 rings (SSSR count). The Hall–Kier alpha value is -0.900. The van der Waals surface area contributed by atoms with Crippen LogP contribution >= 0.6 is 0 Å². The molecule has 1 fully saturated rings. The van der Waals surface area contributed by atoms with E-state index in [4.69, 9.17) is 5.73 Å². The Bertz CT molecular complexity index is 333. The molecular formula is C11H20N4. The summed E-state index contributed by atoms with van der Waals surface area (Å²) in [6.07, 6.45) is 7.38. The summed E-state index contributed by atoms with van der Waals surface area (Å²) in [5.41, 5.74) is 6.41. The Morgan fingerprint density at radius 2 is 2.40 bits per heavy atom. The molecule has 1 aromatic heterocycles. The van der Waals surface area contributed by atoms with E-state index >= 15 is 0 Å². The summed E-state index contributed by atoms with van der Waals surface area (Å²) in [5.74, 6) is 1.59. The quantitative estimate of drug-likeness (QED) is 0.796. The summed E-state index contributed by atoms with van der Waals surface area (Å²) in [6.45, 7) is 2.26. The van der Waals surface area contributed by atoms with Gasteiger partial charge in [0.05, 0.1) is 0 Å². The monoisotopic (exact) mass is 208 g/mol. The van der Waals surface area contributed by atoms with E-state index in [1.165, 1.54) is 19.3 Å². The van der Waals surface area contributed by atoms with E-state index in [1.807, 2.05) is 11.7 Å². The van der Waals surface area contributed by atoms with Gasteiger partial charge in [-0.3, -0.25) is 4.68 Å². The first kappa shape index (κ1) is 10.6. The predicted octanol–water partition coefficient (Wildman–Crippen LogP) is 1.27. The van der Waals surface area contributed by atoms with Crippen molar-refractivity contribution in [1.29, 1.82) is 0 Å². The lowest BCUT2D eigenvalue weighted by molar-refractivity contribution is 0.199. The van der Waals surface area contributed by atoms with E-state index in [9.17, 15) is 0 Å². The van der Waals surface area contributed by atoms with Gasteiger partial charge in [-0.1, -0.05) is 19.8 Å². The standard InChI is InChI=1S/C11H20N4/c1-9-5-3-4-6-11(9,12)7-10-13-8-14-15(10)2/h8-9H,3-7,12H2,1-2H3. The number of aryl methyl sites for hydroxylation is 1. The van der Waals surface area contributed by atoms with Crippen molar-refractivity contribution in [1.82, 2.24) is 14.8 Å². The topological polar surface area (TPSA) is 56.7 Å². The van der Waals surface area contributed by atoms with Crippen molar-refractivity contribution in [3.63, 3.8) is 0 Å². The molecule has 0 spiro atoms. The zero-order valence-electron chi connectivity index (χ0n) is 9.61. The van der Waals surface area contributed by atoms with Gasteiger partial charge in [-0.2, -0.15) is 5.10 Å². The van der Waals surface area contributed by atoms with Gasteiger partial charge in [0.1, 0.15) is 12.2 Å². The second kappa shape index (κ2) is 3.93. The Kier molecular flexibility index (Phi) is 2.78. The number of nitrogens with zero attached hydrogens (tertiary/aromatic N) is 3. The minimum Gasteiger partial charge on any atom is -0.324 e. The SMILES string of the molecule is CC1CCCCC1(N)Cc1ncnn1C. The first-order chi connectivity index (χ1) is 7.12. The van der Waals surface area contributed by atoms with Gasteiger partial charge in [0, 0.05) is 19.0 Å². The van der Waals surface area contributed by atoms with Crippen LogP contribution < -0.4 is 5.73 Å². The van der Waals surface area contributed by atoms with Crippen molar-refractivity contribution >= 4 is 0 Å². The largest absolute Gasteiger partial charge is 0.324 e. The smallest absolute Gasteiger partial charge is 0.138 e. The molecule has 1 heterocycles. The second-order valence-electron chi connectivity index (χ2n) is 4.86. The number of hydrogen-bond donors (Lipinski definition) is 1. The summed E-state index contributed by atoms with van der Waals surface area (Å²) < 4.78 is 1.83. The van der Waals surface area contributed by atoms with Crippen molar-refractivity contribution in [2.45, 2.75) is 44.6 Å². The summed E-state index contributed by atoms with van der Waals surface area (Å²) in [5, 5.41) is 4.09. The molecule has 1 aliphatic rings. The molecule has 2 unspecified atom stereocenters. The summed E-state index contributed by atoms with van der Waals surface area (Å²) in [7, 11) is 1.93. The molecule has 0 saturated heterocycles. The molecule has 15 heavy (non-hydrogen) atoms. The highest BCUT2D eigenvalue weighted by molar-refractivity contribution is 5.01. The highest BCUT2D eigenvalue weighted by Crippen LogP contribution is 2.33. The number of nitrogens with two attached hydrogens (primary N) is 1. The number of hydrogen-bond acceptors (Lipinski definition) is 3. The Balaban J connectivity index is 2.12. The first-order valence-electron chi connectivity index (χ1n) is 5.73. The van der Waals surface area contributed by atoms with Gasteiger partial charge >= 0.3 is 0 Å². The van der Waals surface area contributed by atoms with Crippen LogP contribution in [0.2, 0.25) is 0 Å². The van der Waals surface area contributed by atoms with Crippen molar-refractivity contribution in [2.75, 3.05) is 0 Å². The van der Waals surface area contributed by atoms with E-state index in [0.717, 1.165) is 18.7 Å². The summed E-state index contributed by atoms with van der Waals surface area (Å²) in [6, 6.07) is 0. The van der Waals surface area contributed by atoms with Crippen LogP contribution in [0.5, 0.6) is 0 Å². The van der Waals surface area contributed by atoms with E-state index in [2.05, 4.69) is 17.0 Å². The van der Waals surface area contributed by atoms with Gasteiger partial charge in [0.15, 0.2) is 0 Å². The molecule has 1 aliphatic carbocycles. The zero-order valence-corrected chi connectivity index (χ0v) is 9.61. The molecule has 2 N–H and O–H groups in total. The lowest BCUT2D eigenvalue weighted by Gasteiger charge is -2.39. The van der Waals surface area contributed by atoms with E-state index in [1.54, 1.807) is 6.33 Å². The molecular weight excluding hydrogens is 188 g/mol. The normalized spacial score (nSPS) is 31.8. The average Bonchev–Trinajstić information content (AvgIpc) is 2.58. The molecule has 0 aliphatic heterocycles. The van der Waals surface area contributed by atoms with E-state index in [0.29, 0.717) is 5.92 Å². The maximum atomic E-state index is 6.48. The van der Waals surface area contributed by atoms with Gasteiger partial charge in [0.25, 0.3) is 0 Å². The third kappa shape index (κ3) is 2.04. The van der Waals surface area contributed by atoms with Crippen LogP contribution in [0.25, 0.3) is 0 Å². The number of aromatic nitrogens is 3. The molecule has 2 atom stereocenters. The van der Waals surface area contributed by atoms with Gasteiger partial charge in [-0.05, 0) is 18.8 Å². The van der Waals surface area contributed by atoms with Crippen molar-refractivity contribution in [3.8, 4) is 0 Å². The Morgan fingerprint density at radius 1 is 1.60 bits per heavy atom. The maximum Gasteiger partial charge on any atom is 0.138 e. The van der Waals surface area contributed by atoms with Gasteiger partial charge in [-0.15, -0.1) is 0 Å². The molecule has 0 amide bonds. The highest BCUT2D eigenvalue weighted by atomic mass is 15.3. The fraction of sp³-hybridized carbons (Fsp3) is 0.818. The van der Waals surface area contributed by atoms with Gasteiger partial charge in [0.2, 0.25) is 0 Å². The maximum absolute atomic E-state index is 6.48. The third-order valence-corrected chi connectivity index (χ3v) is 3.80. The van der Waals surface area contributed by atoms with Crippen LogP contribution in [-0.2, 0) is 13.5 Å². The van der Waals surface area contributed by atoms with Crippen LogP contribution in [0.15, 0.2) is 6.33 Å². The average molecular weight is 208 g/mol.